The number of halogens is 1. The van der Waals surface area contributed by atoms with Gasteiger partial charge in [-0.15, -0.1) is 0 Å². The molecule has 0 aliphatic rings. The molecule has 1 N–H and O–H groups in total. The lowest BCUT2D eigenvalue weighted by atomic mass is 10.1. The van der Waals surface area contributed by atoms with Crippen LogP contribution in [0.25, 0.3) is 0 Å². The highest BCUT2D eigenvalue weighted by atomic mass is 19.1. The van der Waals surface area contributed by atoms with Gasteiger partial charge in [-0.2, -0.15) is 0 Å². The molecule has 20 heavy (non-hydrogen) atoms. The number of unbranched alkanes of at least 4 members (excludes halogenated alkanes) is 1. The molecule has 0 aliphatic heterocycles. The van der Waals surface area contributed by atoms with E-state index < -0.39 is 0 Å². The third kappa shape index (κ3) is 3.83. The van der Waals surface area contributed by atoms with Crippen molar-refractivity contribution in [3.05, 3.63) is 47.5 Å². The number of rotatable bonds is 7. The zero-order valence-corrected chi connectivity index (χ0v) is 12.2. The van der Waals surface area contributed by atoms with Crippen molar-refractivity contribution in [2.24, 2.45) is 0 Å². The third-order valence-corrected chi connectivity index (χ3v) is 3.45. The van der Waals surface area contributed by atoms with E-state index in [1.54, 1.807) is 6.07 Å². The van der Waals surface area contributed by atoms with Gasteiger partial charge in [0.25, 0.3) is 0 Å². The molecule has 3 nitrogen and oxygen atoms in total. The highest BCUT2D eigenvalue weighted by Gasteiger charge is 2.03. The molecule has 0 bridgehead atoms. The SMILES string of the molecule is CCCCn1ccnc1NCCc1ccc(F)cc1C. The number of anilines is 1. The fourth-order valence-corrected chi connectivity index (χ4v) is 2.23. The van der Waals surface area contributed by atoms with E-state index >= 15 is 0 Å². The van der Waals surface area contributed by atoms with E-state index in [4.69, 9.17) is 0 Å². The normalized spacial score (nSPS) is 10.8. The molecule has 0 aliphatic carbocycles. The van der Waals surface area contributed by atoms with E-state index in [1.165, 1.54) is 18.1 Å². The summed E-state index contributed by atoms with van der Waals surface area (Å²) in [6.45, 7) is 5.92. The van der Waals surface area contributed by atoms with Gasteiger partial charge in [-0.25, -0.2) is 9.37 Å². The Morgan fingerprint density at radius 3 is 2.95 bits per heavy atom. The summed E-state index contributed by atoms with van der Waals surface area (Å²) in [5, 5.41) is 3.35. The van der Waals surface area contributed by atoms with Crippen LogP contribution in [0.15, 0.2) is 30.6 Å². The molecular formula is C16H22FN3. The maximum absolute atomic E-state index is 13.0. The molecule has 1 aromatic carbocycles. The van der Waals surface area contributed by atoms with Crippen molar-refractivity contribution in [1.29, 1.82) is 0 Å². The molecular weight excluding hydrogens is 253 g/mol. The molecule has 0 atom stereocenters. The Kier molecular flexibility index (Phi) is 5.16. The van der Waals surface area contributed by atoms with Crippen LogP contribution in [0.2, 0.25) is 0 Å². The number of aromatic nitrogens is 2. The monoisotopic (exact) mass is 275 g/mol. The topological polar surface area (TPSA) is 29.9 Å². The smallest absolute Gasteiger partial charge is 0.202 e. The van der Waals surface area contributed by atoms with E-state index in [0.717, 1.165) is 37.4 Å². The molecule has 2 aromatic rings. The van der Waals surface area contributed by atoms with Crippen molar-refractivity contribution in [3.8, 4) is 0 Å². The summed E-state index contributed by atoms with van der Waals surface area (Å²) in [4.78, 5) is 4.33. The minimum absolute atomic E-state index is 0.172. The lowest BCUT2D eigenvalue weighted by Gasteiger charge is -2.10. The molecule has 1 heterocycles. The maximum Gasteiger partial charge on any atom is 0.202 e. The van der Waals surface area contributed by atoms with Crippen LogP contribution in [0.1, 0.15) is 30.9 Å². The first-order valence-corrected chi connectivity index (χ1v) is 7.20. The Morgan fingerprint density at radius 2 is 2.20 bits per heavy atom. The van der Waals surface area contributed by atoms with Crippen LogP contribution in [0.5, 0.6) is 0 Å². The standard InChI is InChI=1S/C16H22FN3/c1-3-4-10-20-11-9-19-16(20)18-8-7-14-5-6-15(17)12-13(14)2/h5-6,9,11-12H,3-4,7-8,10H2,1-2H3,(H,18,19). The minimum atomic E-state index is -0.172. The van der Waals surface area contributed by atoms with Crippen LogP contribution in [-0.4, -0.2) is 16.1 Å². The van der Waals surface area contributed by atoms with Crippen LogP contribution in [0.3, 0.4) is 0 Å². The Hall–Kier alpha value is -1.84. The lowest BCUT2D eigenvalue weighted by molar-refractivity contribution is 0.625. The predicted octanol–water partition coefficient (Wildman–Crippen LogP) is 3.79. The number of nitrogens with zero attached hydrogens (tertiary/aromatic N) is 2. The van der Waals surface area contributed by atoms with Gasteiger partial charge in [0.05, 0.1) is 0 Å². The van der Waals surface area contributed by atoms with Crippen molar-refractivity contribution in [2.75, 3.05) is 11.9 Å². The molecule has 0 radical (unpaired) electrons. The number of aryl methyl sites for hydroxylation is 2. The second-order valence-corrected chi connectivity index (χ2v) is 5.05. The molecule has 4 heteroatoms. The zero-order chi connectivity index (χ0) is 14.4. The van der Waals surface area contributed by atoms with Crippen LogP contribution in [-0.2, 0) is 13.0 Å². The first-order valence-electron chi connectivity index (χ1n) is 7.20. The summed E-state index contributed by atoms with van der Waals surface area (Å²) in [6, 6.07) is 4.96. The van der Waals surface area contributed by atoms with Gasteiger partial charge < -0.3 is 9.88 Å². The Bertz CT molecular complexity index is 548. The maximum atomic E-state index is 13.0. The second kappa shape index (κ2) is 7.08. The van der Waals surface area contributed by atoms with Gasteiger partial charge in [-0.3, -0.25) is 0 Å². The van der Waals surface area contributed by atoms with E-state index in [9.17, 15) is 4.39 Å². The molecule has 0 fully saturated rings. The third-order valence-electron chi connectivity index (χ3n) is 3.45. The summed E-state index contributed by atoms with van der Waals surface area (Å²) in [5.74, 6) is 0.743. The molecule has 0 unspecified atom stereocenters. The molecule has 1 aromatic heterocycles. The predicted molar refractivity (Wildman–Crippen MR) is 80.5 cm³/mol. The zero-order valence-electron chi connectivity index (χ0n) is 12.2. The summed E-state index contributed by atoms with van der Waals surface area (Å²) < 4.78 is 15.2. The number of benzene rings is 1. The summed E-state index contributed by atoms with van der Waals surface area (Å²) in [7, 11) is 0. The van der Waals surface area contributed by atoms with Crippen LogP contribution in [0, 0.1) is 12.7 Å². The fourth-order valence-electron chi connectivity index (χ4n) is 2.23. The van der Waals surface area contributed by atoms with Gasteiger partial charge in [-0.1, -0.05) is 19.4 Å². The number of hydrogen-bond acceptors (Lipinski definition) is 2. The molecule has 0 amide bonds. The number of hydrogen-bond donors (Lipinski definition) is 1. The van der Waals surface area contributed by atoms with Gasteiger partial charge in [0.2, 0.25) is 5.95 Å². The first-order chi connectivity index (χ1) is 9.70. The largest absolute Gasteiger partial charge is 0.355 e. The average molecular weight is 275 g/mol. The van der Waals surface area contributed by atoms with Crippen LogP contribution < -0.4 is 5.32 Å². The fraction of sp³-hybridized carbons (Fsp3) is 0.438. The Balaban J connectivity index is 1.88. The Morgan fingerprint density at radius 1 is 1.35 bits per heavy atom. The van der Waals surface area contributed by atoms with Gasteiger partial charge in [0.15, 0.2) is 0 Å². The van der Waals surface area contributed by atoms with Crippen molar-refractivity contribution in [1.82, 2.24) is 9.55 Å². The molecule has 0 saturated heterocycles. The molecule has 0 saturated carbocycles. The highest BCUT2D eigenvalue weighted by Crippen LogP contribution is 2.12. The van der Waals surface area contributed by atoms with Crippen molar-refractivity contribution in [2.45, 2.75) is 39.7 Å². The van der Waals surface area contributed by atoms with E-state index in [-0.39, 0.29) is 5.82 Å². The first kappa shape index (κ1) is 14.6. The van der Waals surface area contributed by atoms with Gasteiger partial charge in [0.1, 0.15) is 5.82 Å². The summed E-state index contributed by atoms with van der Waals surface area (Å²) in [5.41, 5.74) is 2.17. The van der Waals surface area contributed by atoms with Gasteiger partial charge in [-0.05, 0) is 43.0 Å². The van der Waals surface area contributed by atoms with E-state index in [0.29, 0.717) is 0 Å². The van der Waals surface area contributed by atoms with Crippen molar-refractivity contribution in [3.63, 3.8) is 0 Å². The lowest BCUT2D eigenvalue weighted by Crippen LogP contribution is -2.11. The van der Waals surface area contributed by atoms with Crippen LogP contribution >= 0.6 is 0 Å². The van der Waals surface area contributed by atoms with E-state index in [2.05, 4.69) is 21.8 Å². The molecule has 2 rings (SSSR count). The van der Waals surface area contributed by atoms with E-state index in [1.807, 2.05) is 25.4 Å². The minimum Gasteiger partial charge on any atom is -0.355 e. The number of nitrogens with one attached hydrogen (secondary N) is 1. The summed E-state index contributed by atoms with van der Waals surface area (Å²) >= 11 is 0. The second-order valence-electron chi connectivity index (χ2n) is 5.05. The molecule has 108 valence electrons. The average Bonchev–Trinajstić information content (AvgIpc) is 2.86. The highest BCUT2D eigenvalue weighted by molar-refractivity contribution is 5.30. The quantitative estimate of drug-likeness (QED) is 0.833. The van der Waals surface area contributed by atoms with Crippen LogP contribution in [0.4, 0.5) is 10.3 Å². The van der Waals surface area contributed by atoms with Crippen molar-refractivity contribution >= 4 is 5.95 Å². The molecule has 0 spiro atoms. The number of imidazole rings is 1. The van der Waals surface area contributed by atoms with Crippen molar-refractivity contribution < 1.29 is 4.39 Å². The summed E-state index contributed by atoms with van der Waals surface area (Å²) in [6.07, 6.45) is 7.02. The van der Waals surface area contributed by atoms with Gasteiger partial charge >= 0.3 is 0 Å². The Labute approximate surface area is 119 Å². The van der Waals surface area contributed by atoms with Gasteiger partial charge in [0, 0.05) is 25.5 Å².